The fraction of sp³-hybridized carbons (Fsp3) is 1.00. The predicted octanol–water partition coefficient (Wildman–Crippen LogP) is 3.24. The van der Waals surface area contributed by atoms with Crippen LogP contribution in [0.25, 0.3) is 0 Å². The van der Waals surface area contributed by atoms with Crippen molar-refractivity contribution in [2.24, 2.45) is 11.7 Å². The van der Waals surface area contributed by atoms with Crippen LogP contribution in [0.15, 0.2) is 0 Å². The third-order valence-electron chi connectivity index (χ3n) is 4.49. The van der Waals surface area contributed by atoms with Gasteiger partial charge in [0.15, 0.2) is 0 Å². The summed E-state index contributed by atoms with van der Waals surface area (Å²) >= 11 is 0. The van der Waals surface area contributed by atoms with Gasteiger partial charge in [-0.15, -0.1) is 0 Å². The van der Waals surface area contributed by atoms with Crippen molar-refractivity contribution in [1.82, 2.24) is 0 Å². The molecule has 0 aromatic heterocycles. The van der Waals surface area contributed by atoms with E-state index < -0.39 is 0 Å². The molecule has 2 fully saturated rings. The van der Waals surface area contributed by atoms with Gasteiger partial charge in [0, 0.05) is 12.1 Å². The molecule has 0 bridgehead atoms. The van der Waals surface area contributed by atoms with Crippen LogP contribution >= 0.6 is 0 Å². The average Bonchev–Trinajstić information content (AvgIpc) is 2.71. The van der Waals surface area contributed by atoms with Crippen LogP contribution in [0.1, 0.15) is 64.7 Å². The largest absolute Gasteiger partial charge is 0.378 e. The topological polar surface area (TPSA) is 35.2 Å². The lowest BCUT2D eigenvalue weighted by Crippen LogP contribution is -2.39. The summed E-state index contributed by atoms with van der Waals surface area (Å²) in [5.41, 5.74) is 6.67. The molecular weight excluding hydrogens is 198 g/mol. The minimum atomic E-state index is 0.122. The van der Waals surface area contributed by atoms with E-state index in [9.17, 15) is 0 Å². The molecule has 0 radical (unpaired) electrons. The molecule has 2 nitrogen and oxygen atoms in total. The van der Waals surface area contributed by atoms with Gasteiger partial charge in [-0.2, -0.15) is 0 Å². The Kier molecular flexibility index (Phi) is 4.26. The molecular formula is C14H27NO. The van der Waals surface area contributed by atoms with Gasteiger partial charge < -0.3 is 10.5 Å². The summed E-state index contributed by atoms with van der Waals surface area (Å²) in [4.78, 5) is 0. The van der Waals surface area contributed by atoms with Crippen molar-refractivity contribution in [2.45, 2.75) is 76.4 Å². The maximum atomic E-state index is 6.54. The summed E-state index contributed by atoms with van der Waals surface area (Å²) in [5, 5.41) is 0. The van der Waals surface area contributed by atoms with E-state index in [1.807, 2.05) is 0 Å². The van der Waals surface area contributed by atoms with E-state index >= 15 is 0 Å². The molecule has 2 N–H and O–H groups in total. The van der Waals surface area contributed by atoms with Gasteiger partial charge in [0.2, 0.25) is 0 Å². The maximum Gasteiger partial charge on any atom is 0.0576 e. The quantitative estimate of drug-likeness (QED) is 0.748. The standard InChI is InChI=1S/C14H27NO/c1-12-4-2-8-14(15,9-6-12)10-7-13-5-3-11-16-13/h12-13H,2-11,15H2,1H3. The van der Waals surface area contributed by atoms with Crippen LogP contribution in [-0.2, 0) is 4.74 Å². The molecule has 3 unspecified atom stereocenters. The van der Waals surface area contributed by atoms with Crippen LogP contribution in [0, 0.1) is 5.92 Å². The predicted molar refractivity (Wildman–Crippen MR) is 67.4 cm³/mol. The molecule has 0 aromatic carbocycles. The first kappa shape index (κ1) is 12.4. The Bertz CT molecular complexity index is 213. The van der Waals surface area contributed by atoms with Gasteiger partial charge in [-0.25, -0.2) is 0 Å². The molecule has 0 amide bonds. The molecule has 16 heavy (non-hydrogen) atoms. The number of hydrogen-bond acceptors (Lipinski definition) is 2. The van der Waals surface area contributed by atoms with Crippen molar-refractivity contribution < 1.29 is 4.74 Å². The molecule has 0 aromatic rings. The van der Waals surface area contributed by atoms with Crippen molar-refractivity contribution >= 4 is 0 Å². The second kappa shape index (κ2) is 5.50. The Morgan fingerprint density at radius 2 is 2.06 bits per heavy atom. The normalized spacial score (nSPS) is 40.9. The molecule has 0 spiro atoms. The van der Waals surface area contributed by atoms with E-state index in [0.717, 1.165) is 12.5 Å². The lowest BCUT2D eigenvalue weighted by molar-refractivity contribution is 0.0944. The first-order chi connectivity index (χ1) is 7.68. The Balaban J connectivity index is 1.77. The number of rotatable bonds is 3. The summed E-state index contributed by atoms with van der Waals surface area (Å²) in [6.07, 6.45) is 11.8. The highest BCUT2D eigenvalue weighted by molar-refractivity contribution is 4.88. The lowest BCUT2D eigenvalue weighted by atomic mass is 9.85. The van der Waals surface area contributed by atoms with Gasteiger partial charge in [-0.05, 0) is 50.9 Å². The molecule has 2 heteroatoms. The Hall–Kier alpha value is -0.0800. The van der Waals surface area contributed by atoms with Crippen LogP contribution in [0.3, 0.4) is 0 Å². The fourth-order valence-electron chi connectivity index (χ4n) is 3.18. The van der Waals surface area contributed by atoms with Crippen molar-refractivity contribution in [1.29, 1.82) is 0 Å². The second-order valence-electron chi connectivity index (χ2n) is 6.07. The van der Waals surface area contributed by atoms with Crippen molar-refractivity contribution in [3.8, 4) is 0 Å². The minimum Gasteiger partial charge on any atom is -0.378 e. The summed E-state index contributed by atoms with van der Waals surface area (Å²) < 4.78 is 5.69. The zero-order chi connectivity index (χ0) is 11.4. The molecule has 2 rings (SSSR count). The van der Waals surface area contributed by atoms with E-state index in [2.05, 4.69) is 6.92 Å². The Morgan fingerprint density at radius 3 is 2.81 bits per heavy atom. The highest BCUT2D eigenvalue weighted by Crippen LogP contribution is 2.33. The summed E-state index contributed by atoms with van der Waals surface area (Å²) in [6.45, 7) is 3.34. The number of ether oxygens (including phenoxy) is 1. The number of hydrogen-bond donors (Lipinski definition) is 1. The molecule has 1 aliphatic heterocycles. The summed E-state index contributed by atoms with van der Waals surface area (Å²) in [7, 11) is 0. The second-order valence-corrected chi connectivity index (χ2v) is 6.07. The molecule has 1 aliphatic carbocycles. The van der Waals surface area contributed by atoms with Gasteiger partial charge in [-0.1, -0.05) is 19.8 Å². The highest BCUT2D eigenvalue weighted by atomic mass is 16.5. The van der Waals surface area contributed by atoms with Crippen LogP contribution in [0.2, 0.25) is 0 Å². The summed E-state index contributed by atoms with van der Waals surface area (Å²) in [6, 6.07) is 0. The molecule has 2 aliphatic rings. The Labute approximate surface area is 99.9 Å². The van der Waals surface area contributed by atoms with E-state index in [0.29, 0.717) is 6.10 Å². The van der Waals surface area contributed by atoms with E-state index in [4.69, 9.17) is 10.5 Å². The van der Waals surface area contributed by atoms with Gasteiger partial charge in [-0.3, -0.25) is 0 Å². The van der Waals surface area contributed by atoms with E-state index in [1.165, 1.54) is 57.8 Å². The van der Waals surface area contributed by atoms with E-state index in [-0.39, 0.29) is 5.54 Å². The first-order valence-electron chi connectivity index (χ1n) is 7.08. The van der Waals surface area contributed by atoms with Crippen LogP contribution < -0.4 is 5.73 Å². The Morgan fingerprint density at radius 1 is 1.19 bits per heavy atom. The highest BCUT2D eigenvalue weighted by Gasteiger charge is 2.29. The average molecular weight is 225 g/mol. The SMILES string of the molecule is CC1CCCC(N)(CCC2CCCO2)CC1. The fourth-order valence-corrected chi connectivity index (χ4v) is 3.18. The zero-order valence-electron chi connectivity index (χ0n) is 10.7. The van der Waals surface area contributed by atoms with Gasteiger partial charge in [0.05, 0.1) is 6.10 Å². The van der Waals surface area contributed by atoms with Gasteiger partial charge >= 0.3 is 0 Å². The van der Waals surface area contributed by atoms with Crippen LogP contribution in [-0.4, -0.2) is 18.2 Å². The molecule has 1 saturated heterocycles. The van der Waals surface area contributed by atoms with Crippen molar-refractivity contribution in [2.75, 3.05) is 6.61 Å². The zero-order valence-corrected chi connectivity index (χ0v) is 10.7. The maximum absolute atomic E-state index is 6.54. The minimum absolute atomic E-state index is 0.122. The van der Waals surface area contributed by atoms with Crippen molar-refractivity contribution in [3.05, 3.63) is 0 Å². The van der Waals surface area contributed by atoms with Crippen LogP contribution in [0.4, 0.5) is 0 Å². The molecule has 1 heterocycles. The smallest absolute Gasteiger partial charge is 0.0576 e. The third-order valence-corrected chi connectivity index (χ3v) is 4.49. The third kappa shape index (κ3) is 3.46. The monoisotopic (exact) mass is 225 g/mol. The van der Waals surface area contributed by atoms with Crippen LogP contribution in [0.5, 0.6) is 0 Å². The molecule has 3 atom stereocenters. The van der Waals surface area contributed by atoms with E-state index in [1.54, 1.807) is 0 Å². The van der Waals surface area contributed by atoms with Gasteiger partial charge in [0.25, 0.3) is 0 Å². The first-order valence-corrected chi connectivity index (χ1v) is 7.08. The molecule has 1 saturated carbocycles. The lowest BCUT2D eigenvalue weighted by Gasteiger charge is -2.29. The number of nitrogens with two attached hydrogens (primary N) is 1. The van der Waals surface area contributed by atoms with Gasteiger partial charge in [0.1, 0.15) is 0 Å². The summed E-state index contributed by atoms with van der Waals surface area (Å²) in [5.74, 6) is 0.883. The van der Waals surface area contributed by atoms with Crippen molar-refractivity contribution in [3.63, 3.8) is 0 Å². The molecule has 94 valence electrons.